The molecule has 7 nitrogen and oxygen atoms in total. The number of nitrogens with zero attached hydrogens (tertiary/aromatic N) is 1. The molecule has 3 N–H and O–H groups in total. The Bertz CT molecular complexity index is 1190. The monoisotopic (exact) mass is 524 g/mol. The van der Waals surface area contributed by atoms with Gasteiger partial charge in [0.15, 0.2) is 0 Å². The number of benzene rings is 1. The molecule has 1 saturated carbocycles. The predicted molar refractivity (Wildman–Crippen MR) is 144 cm³/mol. The Morgan fingerprint density at radius 1 is 1.05 bits per heavy atom. The van der Waals surface area contributed by atoms with Crippen molar-refractivity contribution < 1.29 is 13.2 Å². The number of nitrogens with one attached hydrogen (secondary N) is 3. The second-order valence-electron chi connectivity index (χ2n) is 11.2. The number of aryl methyl sites for hydroxylation is 1. The van der Waals surface area contributed by atoms with E-state index in [0.29, 0.717) is 24.1 Å². The molecule has 3 atom stereocenters. The summed E-state index contributed by atoms with van der Waals surface area (Å²) < 4.78 is 26.0. The van der Waals surface area contributed by atoms with Crippen LogP contribution in [0.5, 0.6) is 0 Å². The van der Waals surface area contributed by atoms with Gasteiger partial charge >= 0.3 is 0 Å². The van der Waals surface area contributed by atoms with Crippen LogP contribution in [0.2, 0.25) is 0 Å². The third-order valence-electron chi connectivity index (χ3n) is 8.96. The van der Waals surface area contributed by atoms with Gasteiger partial charge in [0.05, 0.1) is 15.8 Å². The summed E-state index contributed by atoms with van der Waals surface area (Å²) in [6.45, 7) is 4.16. The molecule has 2 saturated heterocycles. The average Bonchev–Trinajstić information content (AvgIpc) is 3.28. The summed E-state index contributed by atoms with van der Waals surface area (Å²) in [5.41, 5.74) is 1.71. The molecule has 3 heterocycles. The number of hydrogen-bond donors (Lipinski definition) is 3. The maximum atomic E-state index is 13.3. The number of fused-ring (bicyclic) bond motifs is 1. The molecular weight excluding hydrogens is 484 g/mol. The maximum Gasteiger partial charge on any atom is 0.237 e. The molecule has 0 radical (unpaired) electrons. The largest absolute Gasteiger partial charge is 0.351 e. The Labute approximate surface area is 221 Å². The van der Waals surface area contributed by atoms with Crippen LogP contribution in [0.15, 0.2) is 52.5 Å². The van der Waals surface area contributed by atoms with Crippen LogP contribution < -0.4 is 16.0 Å². The van der Waals surface area contributed by atoms with Crippen LogP contribution in [0.1, 0.15) is 68.9 Å². The van der Waals surface area contributed by atoms with Crippen LogP contribution in [0, 0.1) is 18.3 Å². The molecule has 3 aliphatic rings. The third-order valence-corrected chi connectivity index (χ3v) is 10.9. The molecule has 0 bridgehead atoms. The van der Waals surface area contributed by atoms with Gasteiger partial charge in [-0.05, 0) is 74.4 Å². The standard InChI is InChI=1S/C29H40N4O3S/c1-21-13-15-30-19-26(21)37(35,36)24-11-9-22(10-12-24)18-32-28(34)25-17-29(20-31-16-14-27(29)33-25)23-7-5-3-2-4-6-8-23/h9-13,15,19,23,25,27,31,33H,2-8,14,16-18,20H2,1H3,(H,32,34). The topological polar surface area (TPSA) is 100 Å². The first-order valence-electron chi connectivity index (χ1n) is 13.9. The van der Waals surface area contributed by atoms with Crippen LogP contribution in [0.3, 0.4) is 0 Å². The number of aromatic nitrogens is 1. The Hall–Kier alpha value is -2.29. The number of carbonyl (C=O) groups is 1. The summed E-state index contributed by atoms with van der Waals surface area (Å²) in [5.74, 6) is 0.719. The van der Waals surface area contributed by atoms with Crippen LogP contribution >= 0.6 is 0 Å². The predicted octanol–water partition coefficient (Wildman–Crippen LogP) is 3.91. The van der Waals surface area contributed by atoms with Gasteiger partial charge in [-0.15, -0.1) is 0 Å². The van der Waals surface area contributed by atoms with Crippen molar-refractivity contribution in [2.45, 2.75) is 93.1 Å². The van der Waals surface area contributed by atoms with Crippen LogP contribution in [-0.2, 0) is 21.2 Å². The lowest BCUT2D eigenvalue weighted by atomic mass is 9.63. The number of carbonyl (C=O) groups excluding carboxylic acids is 1. The van der Waals surface area contributed by atoms with Crippen LogP contribution in [0.25, 0.3) is 0 Å². The van der Waals surface area contributed by atoms with E-state index >= 15 is 0 Å². The maximum absolute atomic E-state index is 13.3. The molecule has 5 rings (SSSR count). The van der Waals surface area contributed by atoms with Gasteiger partial charge in [-0.1, -0.05) is 44.2 Å². The lowest BCUT2D eigenvalue weighted by molar-refractivity contribution is -0.123. The molecule has 200 valence electrons. The fourth-order valence-corrected chi connectivity index (χ4v) is 8.32. The van der Waals surface area contributed by atoms with Gasteiger partial charge < -0.3 is 16.0 Å². The van der Waals surface area contributed by atoms with E-state index in [1.54, 1.807) is 43.5 Å². The highest BCUT2D eigenvalue weighted by Gasteiger charge is 2.53. The highest BCUT2D eigenvalue weighted by Crippen LogP contribution is 2.48. The first kappa shape index (κ1) is 26.3. The lowest BCUT2D eigenvalue weighted by Crippen LogP contribution is -2.54. The van der Waals surface area contributed by atoms with Gasteiger partial charge in [-0.3, -0.25) is 9.78 Å². The summed E-state index contributed by atoms with van der Waals surface area (Å²) in [6.07, 6.45) is 14.2. The zero-order valence-electron chi connectivity index (χ0n) is 21.8. The minimum atomic E-state index is -3.63. The van der Waals surface area contributed by atoms with Gasteiger partial charge in [-0.2, -0.15) is 0 Å². The Morgan fingerprint density at radius 2 is 1.78 bits per heavy atom. The SMILES string of the molecule is Cc1ccncc1S(=O)(=O)c1ccc(CNC(=O)C2CC3(C4CCCCCCC4)CNCCC3N2)cc1. The average molecular weight is 525 g/mol. The fraction of sp³-hybridized carbons (Fsp3) is 0.586. The second-order valence-corrected chi connectivity index (χ2v) is 13.1. The molecule has 2 aliphatic heterocycles. The number of hydrogen-bond acceptors (Lipinski definition) is 6. The molecule has 2 aromatic rings. The zero-order chi connectivity index (χ0) is 25.9. The Kier molecular flexibility index (Phi) is 7.98. The number of amides is 1. The zero-order valence-corrected chi connectivity index (χ0v) is 22.7. The molecule has 8 heteroatoms. The first-order valence-corrected chi connectivity index (χ1v) is 15.4. The molecule has 37 heavy (non-hydrogen) atoms. The first-order chi connectivity index (χ1) is 17.9. The third kappa shape index (κ3) is 5.47. The van der Waals surface area contributed by atoms with Crippen molar-refractivity contribution in [3.8, 4) is 0 Å². The van der Waals surface area contributed by atoms with Crippen molar-refractivity contribution in [2.75, 3.05) is 13.1 Å². The van der Waals surface area contributed by atoms with Gasteiger partial charge in [-0.25, -0.2) is 8.42 Å². The molecule has 1 amide bonds. The number of sulfone groups is 1. The van der Waals surface area contributed by atoms with Crippen LogP contribution in [0.4, 0.5) is 0 Å². The van der Waals surface area contributed by atoms with E-state index in [9.17, 15) is 13.2 Å². The van der Waals surface area contributed by atoms with Gasteiger partial charge in [0, 0.05) is 36.9 Å². The Morgan fingerprint density at radius 3 is 2.51 bits per heavy atom. The van der Waals surface area contributed by atoms with E-state index in [0.717, 1.165) is 31.5 Å². The molecule has 3 fully saturated rings. The van der Waals surface area contributed by atoms with E-state index in [4.69, 9.17) is 0 Å². The minimum Gasteiger partial charge on any atom is -0.351 e. The van der Waals surface area contributed by atoms with Gasteiger partial charge in [0.1, 0.15) is 0 Å². The van der Waals surface area contributed by atoms with Gasteiger partial charge in [0.25, 0.3) is 0 Å². The molecule has 0 spiro atoms. The number of pyridine rings is 1. The quantitative estimate of drug-likeness (QED) is 0.530. The second kappa shape index (κ2) is 11.2. The highest BCUT2D eigenvalue weighted by molar-refractivity contribution is 7.91. The van der Waals surface area contributed by atoms with Crippen LogP contribution in [-0.4, -0.2) is 44.5 Å². The normalized spacial score (nSPS) is 27.2. The fourth-order valence-electron chi connectivity index (χ4n) is 6.88. The summed E-state index contributed by atoms with van der Waals surface area (Å²) >= 11 is 0. The summed E-state index contributed by atoms with van der Waals surface area (Å²) in [7, 11) is -3.63. The number of piperidine rings is 1. The number of rotatable bonds is 6. The molecule has 1 aromatic carbocycles. The van der Waals surface area contributed by atoms with Crippen molar-refractivity contribution in [3.05, 3.63) is 53.9 Å². The van der Waals surface area contributed by atoms with E-state index in [1.807, 2.05) is 0 Å². The van der Waals surface area contributed by atoms with E-state index in [-0.39, 0.29) is 27.2 Å². The minimum absolute atomic E-state index is 0.0438. The summed E-state index contributed by atoms with van der Waals surface area (Å²) in [4.78, 5) is 17.7. The molecule has 1 aromatic heterocycles. The summed E-state index contributed by atoms with van der Waals surface area (Å²) in [6, 6.07) is 8.70. The molecule has 3 unspecified atom stereocenters. The highest BCUT2D eigenvalue weighted by atomic mass is 32.2. The Balaban J connectivity index is 1.22. The molecule has 1 aliphatic carbocycles. The van der Waals surface area contributed by atoms with E-state index < -0.39 is 9.84 Å². The molecular formula is C29H40N4O3S. The van der Waals surface area contributed by atoms with Gasteiger partial charge in [0.2, 0.25) is 15.7 Å². The summed E-state index contributed by atoms with van der Waals surface area (Å²) in [5, 5.41) is 10.5. The smallest absolute Gasteiger partial charge is 0.237 e. The van der Waals surface area contributed by atoms with E-state index in [1.165, 1.54) is 51.1 Å². The van der Waals surface area contributed by atoms with Crippen molar-refractivity contribution in [1.29, 1.82) is 0 Å². The van der Waals surface area contributed by atoms with E-state index in [2.05, 4.69) is 20.9 Å². The van der Waals surface area contributed by atoms with Crippen molar-refractivity contribution in [3.63, 3.8) is 0 Å². The van der Waals surface area contributed by atoms with Crippen molar-refractivity contribution in [1.82, 2.24) is 20.9 Å². The van der Waals surface area contributed by atoms with Crippen molar-refractivity contribution in [2.24, 2.45) is 11.3 Å². The van der Waals surface area contributed by atoms with Crippen molar-refractivity contribution >= 4 is 15.7 Å². The lowest BCUT2D eigenvalue weighted by Gasteiger charge is -2.46.